The van der Waals surface area contributed by atoms with Gasteiger partial charge in [-0.15, -0.1) is 0 Å². The van der Waals surface area contributed by atoms with E-state index in [-0.39, 0.29) is 18.4 Å². The van der Waals surface area contributed by atoms with Crippen molar-refractivity contribution in [2.45, 2.75) is 37.8 Å². The van der Waals surface area contributed by atoms with E-state index in [9.17, 15) is 9.59 Å². The molecule has 7 nitrogen and oxygen atoms in total. The highest BCUT2D eigenvalue weighted by molar-refractivity contribution is 5.97. The minimum atomic E-state index is -0.437. The van der Waals surface area contributed by atoms with Gasteiger partial charge in [0.15, 0.2) is 0 Å². The number of carbonyl (C=O) groups is 2. The molecule has 1 aromatic carbocycles. The van der Waals surface area contributed by atoms with Crippen LogP contribution in [-0.2, 0) is 18.4 Å². The zero-order valence-electron chi connectivity index (χ0n) is 14.1. The molecular formula is C18H21N5O2. The average Bonchev–Trinajstić information content (AvgIpc) is 3.35. The molecular weight excluding hydrogens is 318 g/mol. The third-order valence-electron chi connectivity index (χ3n) is 4.77. The summed E-state index contributed by atoms with van der Waals surface area (Å²) < 4.78 is 1.98. The first-order chi connectivity index (χ1) is 12.1. The number of amides is 3. The summed E-state index contributed by atoms with van der Waals surface area (Å²) in [5.41, 5.74) is 4.50. The van der Waals surface area contributed by atoms with Gasteiger partial charge in [0.25, 0.3) is 0 Å². The molecule has 1 atom stereocenters. The fraction of sp³-hybridized carbons (Fsp3) is 0.389. The second-order valence-electron chi connectivity index (χ2n) is 6.71. The molecule has 0 radical (unpaired) electrons. The molecule has 2 aromatic rings. The highest BCUT2D eigenvalue weighted by atomic mass is 16.2. The Morgan fingerprint density at radius 3 is 2.68 bits per heavy atom. The molecule has 2 aliphatic rings. The third kappa shape index (κ3) is 3.35. The van der Waals surface area contributed by atoms with Crippen LogP contribution in [0, 0.1) is 0 Å². The van der Waals surface area contributed by atoms with Gasteiger partial charge in [-0.1, -0.05) is 12.1 Å². The van der Waals surface area contributed by atoms with E-state index in [1.807, 2.05) is 42.2 Å². The van der Waals surface area contributed by atoms with Crippen LogP contribution in [0.3, 0.4) is 0 Å². The molecule has 7 heteroatoms. The first-order valence-electron chi connectivity index (χ1n) is 8.55. The highest BCUT2D eigenvalue weighted by Crippen LogP contribution is 2.41. The van der Waals surface area contributed by atoms with Gasteiger partial charge >= 0.3 is 6.03 Å². The quantitative estimate of drug-likeness (QED) is 0.779. The number of benzene rings is 1. The lowest BCUT2D eigenvalue weighted by molar-refractivity contribution is -0.121. The normalized spacial score (nSPS) is 20.1. The minimum Gasteiger partial charge on any atom is -0.381 e. The van der Waals surface area contributed by atoms with Crippen LogP contribution in [0.5, 0.6) is 0 Å². The monoisotopic (exact) mass is 339 g/mol. The summed E-state index contributed by atoms with van der Waals surface area (Å²) in [4.78, 5) is 22.9. The van der Waals surface area contributed by atoms with Crippen LogP contribution in [-0.4, -0.2) is 21.7 Å². The Balaban J connectivity index is 1.41. The van der Waals surface area contributed by atoms with Gasteiger partial charge in [0.2, 0.25) is 5.91 Å². The largest absolute Gasteiger partial charge is 0.381 e. The van der Waals surface area contributed by atoms with E-state index in [2.05, 4.69) is 21.0 Å². The lowest BCUT2D eigenvalue weighted by Gasteiger charge is -2.23. The molecule has 2 heterocycles. The van der Waals surface area contributed by atoms with E-state index >= 15 is 0 Å². The molecule has 0 spiro atoms. The zero-order chi connectivity index (χ0) is 17.4. The van der Waals surface area contributed by atoms with E-state index in [0.717, 1.165) is 17.8 Å². The summed E-state index contributed by atoms with van der Waals surface area (Å²) in [6.45, 7) is 0.738. The maximum absolute atomic E-state index is 11.5. The van der Waals surface area contributed by atoms with Crippen LogP contribution in [0.4, 0.5) is 10.5 Å². The van der Waals surface area contributed by atoms with Crippen molar-refractivity contribution in [2.24, 2.45) is 7.05 Å². The van der Waals surface area contributed by atoms with Crippen molar-refractivity contribution < 1.29 is 9.59 Å². The van der Waals surface area contributed by atoms with Crippen LogP contribution in [0.15, 0.2) is 30.5 Å². The summed E-state index contributed by atoms with van der Waals surface area (Å²) >= 11 is 0. The van der Waals surface area contributed by atoms with Crippen LogP contribution in [0.1, 0.15) is 48.0 Å². The number of aryl methyl sites for hydroxylation is 1. The summed E-state index contributed by atoms with van der Waals surface area (Å²) in [6, 6.07) is 7.12. The molecule has 3 amide bonds. The Morgan fingerprint density at radius 2 is 2.00 bits per heavy atom. The number of hydrogen-bond acceptors (Lipinski definition) is 4. The molecule has 3 N–H and O–H groups in total. The fourth-order valence-electron chi connectivity index (χ4n) is 3.35. The number of anilines is 1. The molecule has 2 fully saturated rings. The Morgan fingerprint density at radius 1 is 1.24 bits per heavy atom. The molecule has 0 bridgehead atoms. The molecule has 1 saturated heterocycles. The number of carbonyl (C=O) groups excluding carboxylic acids is 2. The Bertz CT molecular complexity index is 791. The van der Waals surface area contributed by atoms with Gasteiger partial charge in [0.05, 0.1) is 18.7 Å². The van der Waals surface area contributed by atoms with Crippen molar-refractivity contribution in [3.05, 3.63) is 47.3 Å². The molecule has 1 aliphatic carbocycles. The maximum Gasteiger partial charge on any atom is 0.321 e. The Hall–Kier alpha value is -2.83. The van der Waals surface area contributed by atoms with Crippen molar-refractivity contribution >= 4 is 17.6 Å². The summed E-state index contributed by atoms with van der Waals surface area (Å²) in [5, 5.41) is 12.8. The first-order valence-corrected chi connectivity index (χ1v) is 8.55. The van der Waals surface area contributed by atoms with Crippen molar-refractivity contribution in [3.8, 4) is 0 Å². The predicted octanol–water partition coefficient (Wildman–Crippen LogP) is 2.18. The van der Waals surface area contributed by atoms with Crippen molar-refractivity contribution in [3.63, 3.8) is 0 Å². The number of rotatable bonds is 5. The SMILES string of the molecule is Cn1ncc(CNc2ccc(C3CC(=O)NC(=O)N3)cc2)c1C1CC1. The lowest BCUT2D eigenvalue weighted by atomic mass is 10.0. The highest BCUT2D eigenvalue weighted by Gasteiger charge is 2.29. The molecule has 1 saturated carbocycles. The topological polar surface area (TPSA) is 88.1 Å². The van der Waals surface area contributed by atoms with Gasteiger partial charge in [-0.3, -0.25) is 14.8 Å². The smallest absolute Gasteiger partial charge is 0.321 e. The molecule has 1 aliphatic heterocycles. The first kappa shape index (κ1) is 15.7. The molecule has 1 unspecified atom stereocenters. The molecule has 4 rings (SSSR count). The molecule has 25 heavy (non-hydrogen) atoms. The minimum absolute atomic E-state index is 0.250. The van der Waals surface area contributed by atoms with E-state index in [0.29, 0.717) is 5.92 Å². The van der Waals surface area contributed by atoms with Gasteiger partial charge in [-0.25, -0.2) is 4.79 Å². The van der Waals surface area contributed by atoms with Gasteiger partial charge < -0.3 is 10.6 Å². The van der Waals surface area contributed by atoms with Crippen molar-refractivity contribution in [1.29, 1.82) is 0 Å². The van der Waals surface area contributed by atoms with Crippen LogP contribution >= 0.6 is 0 Å². The van der Waals surface area contributed by atoms with Gasteiger partial charge in [0.1, 0.15) is 0 Å². The number of aromatic nitrogens is 2. The second kappa shape index (κ2) is 6.23. The Kier molecular flexibility index (Phi) is 3.91. The zero-order valence-corrected chi connectivity index (χ0v) is 14.1. The Labute approximate surface area is 145 Å². The van der Waals surface area contributed by atoms with Crippen LogP contribution in [0.25, 0.3) is 0 Å². The summed E-state index contributed by atoms with van der Waals surface area (Å²) in [7, 11) is 2.00. The van der Waals surface area contributed by atoms with E-state index in [4.69, 9.17) is 0 Å². The number of nitrogens with zero attached hydrogens (tertiary/aromatic N) is 2. The van der Waals surface area contributed by atoms with Gasteiger partial charge in [0, 0.05) is 36.5 Å². The molecule has 1 aromatic heterocycles. The summed E-state index contributed by atoms with van der Waals surface area (Å²) in [5.74, 6) is 0.410. The lowest BCUT2D eigenvalue weighted by Crippen LogP contribution is -2.48. The summed E-state index contributed by atoms with van der Waals surface area (Å²) in [6.07, 6.45) is 4.70. The van der Waals surface area contributed by atoms with Crippen molar-refractivity contribution in [1.82, 2.24) is 20.4 Å². The second-order valence-corrected chi connectivity index (χ2v) is 6.71. The standard InChI is InChI=1S/C18H21N5O2/c1-23-17(12-2-3-12)13(10-20-23)9-19-14-6-4-11(5-7-14)15-8-16(24)22-18(25)21-15/h4-7,10,12,15,19H,2-3,8-9H2,1H3,(H2,21,22,24,25). The number of nitrogens with one attached hydrogen (secondary N) is 3. The van der Waals surface area contributed by atoms with Crippen molar-refractivity contribution in [2.75, 3.05) is 5.32 Å². The van der Waals surface area contributed by atoms with Crippen LogP contribution in [0.2, 0.25) is 0 Å². The average molecular weight is 339 g/mol. The van der Waals surface area contributed by atoms with E-state index in [1.165, 1.54) is 24.1 Å². The predicted molar refractivity (Wildman–Crippen MR) is 93.0 cm³/mol. The van der Waals surface area contributed by atoms with Gasteiger partial charge in [-0.05, 0) is 30.5 Å². The number of imide groups is 1. The van der Waals surface area contributed by atoms with Crippen LogP contribution < -0.4 is 16.0 Å². The van der Waals surface area contributed by atoms with Gasteiger partial charge in [-0.2, -0.15) is 5.10 Å². The molecule has 130 valence electrons. The number of urea groups is 1. The maximum atomic E-state index is 11.5. The van der Waals surface area contributed by atoms with E-state index < -0.39 is 6.03 Å². The third-order valence-corrected chi connectivity index (χ3v) is 4.77. The van der Waals surface area contributed by atoms with E-state index in [1.54, 1.807) is 0 Å². The fourth-order valence-corrected chi connectivity index (χ4v) is 3.35. The number of hydrogen-bond donors (Lipinski definition) is 3.